The number of hydrogen-bond donors (Lipinski definition) is 1. The average Bonchev–Trinajstić information content (AvgIpc) is 2.94. The van der Waals surface area contributed by atoms with Crippen molar-refractivity contribution < 1.29 is 9.59 Å². The van der Waals surface area contributed by atoms with Crippen molar-refractivity contribution in [2.24, 2.45) is 0 Å². The summed E-state index contributed by atoms with van der Waals surface area (Å²) in [5.41, 5.74) is 2.30. The summed E-state index contributed by atoms with van der Waals surface area (Å²) in [5.74, 6) is -0.437. The Morgan fingerprint density at radius 3 is 1.83 bits per heavy atom. The van der Waals surface area contributed by atoms with E-state index in [4.69, 9.17) is 0 Å². The van der Waals surface area contributed by atoms with Crippen LogP contribution in [0.4, 0.5) is 0 Å². The van der Waals surface area contributed by atoms with Crippen LogP contribution >= 0.6 is 0 Å². The first-order chi connectivity index (χ1) is 17.1. The Hall–Kier alpha value is -4.05. The quantitative estimate of drug-likeness (QED) is 0.185. The Bertz CT molecular complexity index is 1610. The van der Waals surface area contributed by atoms with E-state index in [2.05, 4.69) is 4.98 Å². The van der Waals surface area contributed by atoms with Gasteiger partial charge in [0.25, 0.3) is 0 Å². The van der Waals surface area contributed by atoms with Crippen molar-refractivity contribution in [3.63, 3.8) is 0 Å². The molecular formula is C31H31NO3. The first-order valence-electron chi connectivity index (χ1n) is 12.3. The van der Waals surface area contributed by atoms with Crippen LogP contribution in [0.25, 0.3) is 32.6 Å². The Morgan fingerprint density at radius 1 is 0.543 bits per heavy atom. The zero-order chi connectivity index (χ0) is 25.7. The number of aromatic nitrogens is 1. The molecule has 0 unspecified atom stereocenters. The first kappa shape index (κ1) is 25.6. The van der Waals surface area contributed by atoms with E-state index < -0.39 is 0 Å². The molecule has 4 nitrogen and oxygen atoms in total. The zero-order valence-corrected chi connectivity index (χ0v) is 21.2. The molecule has 4 aromatic carbocycles. The van der Waals surface area contributed by atoms with Gasteiger partial charge in [-0.15, -0.1) is 0 Å². The topological polar surface area (TPSA) is 67.0 Å². The predicted octanol–water partition coefficient (Wildman–Crippen LogP) is 7.69. The lowest BCUT2D eigenvalue weighted by Gasteiger charge is -2.19. The van der Waals surface area contributed by atoms with Crippen LogP contribution < -0.4 is 5.43 Å². The molecule has 0 aliphatic heterocycles. The molecule has 0 radical (unpaired) electrons. The third-order valence-electron chi connectivity index (χ3n) is 5.75. The van der Waals surface area contributed by atoms with Crippen molar-refractivity contribution in [1.29, 1.82) is 0 Å². The van der Waals surface area contributed by atoms with Crippen LogP contribution in [-0.2, 0) is 0 Å². The van der Waals surface area contributed by atoms with Crippen molar-refractivity contribution >= 4 is 44.1 Å². The maximum Gasteiger partial charge on any atom is 0.197 e. The molecule has 0 amide bonds. The number of carbonyl (C=O) groups excluding carboxylic acids is 2. The molecule has 0 spiro atoms. The molecule has 0 saturated carbocycles. The lowest BCUT2D eigenvalue weighted by molar-refractivity contribution is 0.0980. The van der Waals surface area contributed by atoms with Crippen LogP contribution in [0.2, 0.25) is 0 Å². The van der Waals surface area contributed by atoms with Gasteiger partial charge in [-0.2, -0.15) is 0 Å². The Balaban J connectivity index is 0.000000533. The molecule has 6 rings (SSSR count). The second-order valence-electron chi connectivity index (χ2n) is 7.28. The van der Waals surface area contributed by atoms with E-state index in [0.717, 1.165) is 10.8 Å². The summed E-state index contributed by atoms with van der Waals surface area (Å²) in [7, 11) is 0. The van der Waals surface area contributed by atoms with Crippen molar-refractivity contribution in [1.82, 2.24) is 4.98 Å². The number of H-pyrrole nitrogens is 1. The Morgan fingerprint density at radius 2 is 1.14 bits per heavy atom. The van der Waals surface area contributed by atoms with Crippen LogP contribution in [-0.4, -0.2) is 16.6 Å². The molecule has 1 aliphatic carbocycles. The highest BCUT2D eigenvalue weighted by molar-refractivity contribution is 6.32. The third kappa shape index (κ3) is 4.06. The van der Waals surface area contributed by atoms with Crippen molar-refractivity contribution in [3.8, 4) is 0 Å². The van der Waals surface area contributed by atoms with Gasteiger partial charge in [0.15, 0.2) is 17.0 Å². The minimum Gasteiger partial charge on any atom is -0.354 e. The molecular weight excluding hydrogens is 434 g/mol. The van der Waals surface area contributed by atoms with E-state index in [1.165, 1.54) is 0 Å². The number of fused-ring (bicyclic) bond motifs is 7. The monoisotopic (exact) mass is 465 g/mol. The minimum absolute atomic E-state index is 0.146. The molecule has 0 atom stereocenters. The van der Waals surface area contributed by atoms with E-state index in [0.29, 0.717) is 38.5 Å². The summed E-state index contributed by atoms with van der Waals surface area (Å²) in [6.07, 6.45) is 0. The maximum absolute atomic E-state index is 13.4. The van der Waals surface area contributed by atoms with Gasteiger partial charge in [-0.1, -0.05) is 96.1 Å². The predicted molar refractivity (Wildman–Crippen MR) is 147 cm³/mol. The summed E-state index contributed by atoms with van der Waals surface area (Å²) in [5, 5.41) is 2.83. The summed E-state index contributed by atoms with van der Waals surface area (Å²) in [6.45, 7) is 12.0. The van der Waals surface area contributed by atoms with E-state index >= 15 is 0 Å². The Labute approximate surface area is 205 Å². The standard InChI is InChI=1S/C25H13NO3.3C2H6/c27-23-15-7-3-4-8-16(15)24(28)21-17(23)10-11-18-22(21)26-19-12-9-13-5-1-2-6-14(13)20(19)25(18)29;3*1-2/h1-12H,(H,26,29);3*1-2H3. The highest BCUT2D eigenvalue weighted by atomic mass is 16.1. The average molecular weight is 466 g/mol. The van der Waals surface area contributed by atoms with Crippen LogP contribution in [0.5, 0.6) is 0 Å². The Kier molecular flexibility index (Phi) is 7.98. The molecule has 0 fully saturated rings. The molecule has 1 heterocycles. The van der Waals surface area contributed by atoms with Crippen molar-refractivity contribution in [3.05, 3.63) is 105 Å². The number of benzene rings is 4. The molecule has 178 valence electrons. The van der Waals surface area contributed by atoms with Gasteiger partial charge >= 0.3 is 0 Å². The fourth-order valence-electron chi connectivity index (χ4n) is 4.40. The number of pyridine rings is 1. The number of nitrogens with one attached hydrogen (secondary N) is 1. The zero-order valence-electron chi connectivity index (χ0n) is 21.2. The lowest BCUT2D eigenvalue weighted by atomic mass is 9.82. The highest BCUT2D eigenvalue weighted by Gasteiger charge is 2.31. The molecule has 1 aromatic heterocycles. The van der Waals surface area contributed by atoms with E-state index in [-0.39, 0.29) is 22.6 Å². The summed E-state index contributed by atoms with van der Waals surface area (Å²) >= 11 is 0. The molecule has 1 aliphatic rings. The van der Waals surface area contributed by atoms with E-state index in [1.807, 2.05) is 77.9 Å². The van der Waals surface area contributed by atoms with E-state index in [1.54, 1.807) is 36.4 Å². The third-order valence-corrected chi connectivity index (χ3v) is 5.75. The van der Waals surface area contributed by atoms with Crippen LogP contribution in [0.3, 0.4) is 0 Å². The van der Waals surface area contributed by atoms with Crippen molar-refractivity contribution in [2.75, 3.05) is 0 Å². The molecule has 1 N–H and O–H groups in total. The van der Waals surface area contributed by atoms with Crippen molar-refractivity contribution in [2.45, 2.75) is 41.5 Å². The van der Waals surface area contributed by atoms with Gasteiger partial charge in [0.1, 0.15) is 0 Å². The van der Waals surface area contributed by atoms with Gasteiger partial charge in [0, 0.05) is 22.1 Å². The molecule has 0 bridgehead atoms. The fraction of sp³-hybridized carbons (Fsp3) is 0.194. The number of carbonyl (C=O) groups is 2. The largest absolute Gasteiger partial charge is 0.354 e. The van der Waals surface area contributed by atoms with Gasteiger partial charge in [0.2, 0.25) is 0 Å². The van der Waals surface area contributed by atoms with Crippen LogP contribution in [0.1, 0.15) is 73.4 Å². The molecule has 0 saturated heterocycles. The fourth-order valence-corrected chi connectivity index (χ4v) is 4.40. The van der Waals surface area contributed by atoms with Crippen LogP contribution in [0, 0.1) is 0 Å². The summed E-state index contributed by atoms with van der Waals surface area (Å²) < 4.78 is 0. The summed E-state index contributed by atoms with van der Waals surface area (Å²) in [4.78, 5) is 42.9. The van der Waals surface area contributed by atoms with Crippen LogP contribution in [0.15, 0.2) is 77.6 Å². The molecule has 5 aromatic rings. The lowest BCUT2D eigenvalue weighted by Crippen LogP contribution is -2.22. The van der Waals surface area contributed by atoms with E-state index in [9.17, 15) is 14.4 Å². The van der Waals surface area contributed by atoms with Gasteiger partial charge in [-0.25, -0.2) is 0 Å². The van der Waals surface area contributed by atoms with Gasteiger partial charge < -0.3 is 4.98 Å². The number of rotatable bonds is 0. The second-order valence-corrected chi connectivity index (χ2v) is 7.28. The molecule has 4 heteroatoms. The summed E-state index contributed by atoms with van der Waals surface area (Å²) in [6, 6.07) is 21.6. The maximum atomic E-state index is 13.4. The SMILES string of the molecule is CC.CC.CC.O=C1c2ccccc2C(=O)c2c1ccc1c(=O)c3c(ccc4ccccc43)[nH]c21. The van der Waals surface area contributed by atoms with Gasteiger partial charge in [-0.3, -0.25) is 14.4 Å². The van der Waals surface area contributed by atoms with Gasteiger partial charge in [0.05, 0.1) is 22.0 Å². The number of aromatic amines is 1. The first-order valence-corrected chi connectivity index (χ1v) is 12.3. The number of ketones is 2. The van der Waals surface area contributed by atoms with Gasteiger partial charge in [-0.05, 0) is 29.0 Å². The second kappa shape index (κ2) is 10.9. The highest BCUT2D eigenvalue weighted by Crippen LogP contribution is 2.32. The normalized spacial score (nSPS) is 11.4. The number of hydrogen-bond acceptors (Lipinski definition) is 3. The molecule has 35 heavy (non-hydrogen) atoms. The minimum atomic E-state index is -0.239. The smallest absolute Gasteiger partial charge is 0.197 e.